The lowest BCUT2D eigenvalue weighted by Gasteiger charge is -2.16. The molecule has 4 rings (SSSR count). The van der Waals surface area contributed by atoms with Crippen LogP contribution in [0.25, 0.3) is 11.4 Å². The molecule has 0 saturated heterocycles. The quantitative estimate of drug-likeness (QED) is 0.252. The van der Waals surface area contributed by atoms with Crippen molar-refractivity contribution >= 4 is 35.4 Å². The molecule has 0 fully saturated rings. The fourth-order valence-electron chi connectivity index (χ4n) is 3.22. The fraction of sp³-hybridized carbons (Fsp3) is 0.167. The van der Waals surface area contributed by atoms with Crippen molar-refractivity contribution in [3.63, 3.8) is 0 Å². The number of rotatable bonds is 9. The predicted octanol–water partition coefficient (Wildman–Crippen LogP) is 6.64. The molecule has 0 unspecified atom stereocenters. The van der Waals surface area contributed by atoms with Gasteiger partial charge in [0.2, 0.25) is 4.77 Å². The summed E-state index contributed by atoms with van der Waals surface area (Å²) in [4.78, 5) is 0. The molecule has 1 aromatic heterocycles. The highest BCUT2D eigenvalue weighted by atomic mass is 35.5. The summed E-state index contributed by atoms with van der Waals surface area (Å²) in [7, 11) is 0. The Hall–Kier alpha value is -3.00. The molecule has 0 radical (unpaired) electrons. The minimum atomic E-state index is 0.371. The van der Waals surface area contributed by atoms with Crippen LogP contribution in [0.3, 0.4) is 0 Å². The van der Waals surface area contributed by atoms with Crippen LogP contribution in [0.2, 0.25) is 10.0 Å². The molecular formula is C24H22Cl2N4O2S. The Bertz CT molecular complexity index is 1270. The molecule has 0 amide bonds. The molecule has 170 valence electrons. The first kappa shape index (κ1) is 23.2. The summed E-state index contributed by atoms with van der Waals surface area (Å²) in [5, 5.41) is 8.40. The first-order chi connectivity index (χ1) is 16.0. The molecule has 0 aliphatic carbocycles. The minimum absolute atomic E-state index is 0.371. The topological polar surface area (TPSA) is 64.1 Å². The molecule has 0 aliphatic heterocycles. The van der Waals surface area contributed by atoms with Crippen LogP contribution in [0.1, 0.15) is 18.1 Å². The van der Waals surface area contributed by atoms with Crippen molar-refractivity contribution in [1.82, 2.24) is 14.9 Å². The van der Waals surface area contributed by atoms with Crippen LogP contribution in [-0.2, 0) is 13.2 Å². The second kappa shape index (κ2) is 10.7. The van der Waals surface area contributed by atoms with Crippen LogP contribution < -0.4 is 14.9 Å². The summed E-state index contributed by atoms with van der Waals surface area (Å²) in [6.45, 7) is 3.20. The predicted molar refractivity (Wildman–Crippen MR) is 134 cm³/mol. The Morgan fingerprint density at radius 3 is 2.45 bits per heavy atom. The average molecular weight is 501 g/mol. The van der Waals surface area contributed by atoms with E-state index in [1.807, 2.05) is 67.6 Å². The van der Waals surface area contributed by atoms with Crippen molar-refractivity contribution in [2.75, 3.05) is 12.0 Å². The van der Waals surface area contributed by atoms with E-state index in [4.69, 9.17) is 44.9 Å². The number of ether oxygens (including phenoxy) is 2. The zero-order valence-corrected chi connectivity index (χ0v) is 20.2. The normalized spacial score (nSPS) is 10.8. The molecule has 2 N–H and O–H groups in total. The van der Waals surface area contributed by atoms with Crippen molar-refractivity contribution in [3.8, 4) is 22.9 Å². The van der Waals surface area contributed by atoms with Crippen LogP contribution >= 0.6 is 35.4 Å². The fourth-order valence-corrected chi connectivity index (χ4v) is 3.77. The van der Waals surface area contributed by atoms with E-state index in [2.05, 4.69) is 15.6 Å². The van der Waals surface area contributed by atoms with Gasteiger partial charge in [0.25, 0.3) is 0 Å². The molecule has 4 aromatic rings. The second-order valence-electron chi connectivity index (χ2n) is 7.13. The van der Waals surface area contributed by atoms with E-state index in [0.717, 1.165) is 16.7 Å². The van der Waals surface area contributed by atoms with Crippen LogP contribution in [0.4, 0.5) is 0 Å². The number of nitrogens with one attached hydrogen (secondary N) is 2. The minimum Gasteiger partial charge on any atom is -0.490 e. The lowest BCUT2D eigenvalue weighted by atomic mass is 10.2. The van der Waals surface area contributed by atoms with E-state index in [1.54, 1.807) is 10.7 Å². The van der Waals surface area contributed by atoms with Gasteiger partial charge in [0, 0.05) is 21.7 Å². The second-order valence-corrected chi connectivity index (χ2v) is 8.36. The number of aromatic amines is 1. The van der Waals surface area contributed by atoms with E-state index < -0.39 is 0 Å². The first-order valence-electron chi connectivity index (χ1n) is 10.3. The standard InChI is InChI=1S/C24H22Cl2N4O2S/c1-2-31-21-12-18(20(26)13-22(21)32-15-16-8-10-19(25)11-9-16)14-27-30-23(28-29-24(30)33)17-6-4-3-5-7-17/h3-13,27H,2,14-15H2,1H3,(H,29,33). The van der Waals surface area contributed by atoms with Crippen molar-refractivity contribution in [1.29, 1.82) is 0 Å². The Labute approximate surface area is 207 Å². The largest absolute Gasteiger partial charge is 0.490 e. The first-order valence-corrected chi connectivity index (χ1v) is 11.5. The third-order valence-corrected chi connectivity index (χ3v) is 5.73. The highest BCUT2D eigenvalue weighted by Gasteiger charge is 2.14. The summed E-state index contributed by atoms with van der Waals surface area (Å²) in [5.41, 5.74) is 6.06. The molecule has 9 heteroatoms. The third-order valence-electron chi connectivity index (χ3n) is 4.85. The van der Waals surface area contributed by atoms with E-state index in [-0.39, 0.29) is 0 Å². The van der Waals surface area contributed by atoms with Gasteiger partial charge in [-0.25, -0.2) is 9.77 Å². The number of benzene rings is 3. The van der Waals surface area contributed by atoms with Gasteiger partial charge in [0.05, 0.1) is 13.2 Å². The van der Waals surface area contributed by atoms with Gasteiger partial charge in [-0.2, -0.15) is 5.10 Å². The monoisotopic (exact) mass is 500 g/mol. The molecule has 0 atom stereocenters. The Balaban J connectivity index is 1.53. The maximum atomic E-state index is 6.59. The summed E-state index contributed by atoms with van der Waals surface area (Å²) < 4.78 is 14.0. The maximum Gasteiger partial charge on any atom is 0.214 e. The van der Waals surface area contributed by atoms with Crippen LogP contribution in [-0.4, -0.2) is 21.5 Å². The van der Waals surface area contributed by atoms with Gasteiger partial charge in [0.1, 0.15) is 6.61 Å². The van der Waals surface area contributed by atoms with E-state index in [9.17, 15) is 0 Å². The number of halogens is 2. The average Bonchev–Trinajstić information content (AvgIpc) is 3.20. The number of H-pyrrole nitrogens is 1. The zero-order chi connectivity index (χ0) is 23.2. The lowest BCUT2D eigenvalue weighted by Crippen LogP contribution is -2.16. The van der Waals surface area contributed by atoms with Crippen molar-refractivity contribution in [2.24, 2.45) is 0 Å². The molecule has 0 aliphatic rings. The number of nitrogens with zero attached hydrogens (tertiary/aromatic N) is 2. The van der Waals surface area contributed by atoms with Gasteiger partial charge in [-0.1, -0.05) is 65.7 Å². The van der Waals surface area contributed by atoms with Gasteiger partial charge >= 0.3 is 0 Å². The number of hydrogen-bond donors (Lipinski definition) is 2. The molecule has 0 saturated carbocycles. The summed E-state index contributed by atoms with van der Waals surface area (Å²) in [5.74, 6) is 1.88. The van der Waals surface area contributed by atoms with Crippen molar-refractivity contribution in [3.05, 3.63) is 92.7 Å². The van der Waals surface area contributed by atoms with Crippen molar-refractivity contribution < 1.29 is 9.47 Å². The number of hydrogen-bond acceptors (Lipinski definition) is 5. The van der Waals surface area contributed by atoms with Crippen LogP contribution in [0.5, 0.6) is 11.5 Å². The summed E-state index contributed by atoms with van der Waals surface area (Å²) in [6, 6.07) is 20.9. The van der Waals surface area contributed by atoms with E-state index in [0.29, 0.717) is 51.9 Å². The molecule has 6 nitrogen and oxygen atoms in total. The molecule has 0 spiro atoms. The molecule has 0 bridgehead atoms. The zero-order valence-electron chi connectivity index (χ0n) is 17.8. The Morgan fingerprint density at radius 1 is 1.00 bits per heavy atom. The van der Waals surface area contributed by atoms with Crippen LogP contribution in [0, 0.1) is 4.77 Å². The molecule has 1 heterocycles. The smallest absolute Gasteiger partial charge is 0.214 e. The van der Waals surface area contributed by atoms with E-state index >= 15 is 0 Å². The van der Waals surface area contributed by atoms with Crippen LogP contribution in [0.15, 0.2) is 66.7 Å². The van der Waals surface area contributed by atoms with Gasteiger partial charge in [0.15, 0.2) is 17.3 Å². The van der Waals surface area contributed by atoms with Gasteiger partial charge in [-0.3, -0.25) is 0 Å². The van der Waals surface area contributed by atoms with Crippen molar-refractivity contribution in [2.45, 2.75) is 20.1 Å². The molecular weight excluding hydrogens is 479 g/mol. The Morgan fingerprint density at radius 2 is 1.73 bits per heavy atom. The lowest BCUT2D eigenvalue weighted by molar-refractivity contribution is 0.269. The SMILES string of the molecule is CCOc1cc(CNn2c(-c3ccccc3)n[nH]c2=S)c(Cl)cc1OCc1ccc(Cl)cc1. The highest BCUT2D eigenvalue weighted by molar-refractivity contribution is 7.71. The molecule has 3 aromatic carbocycles. The van der Waals surface area contributed by atoms with Gasteiger partial charge < -0.3 is 14.9 Å². The highest BCUT2D eigenvalue weighted by Crippen LogP contribution is 2.34. The van der Waals surface area contributed by atoms with Gasteiger partial charge in [-0.15, -0.1) is 0 Å². The Kier molecular flexibility index (Phi) is 7.54. The molecule has 33 heavy (non-hydrogen) atoms. The maximum absolute atomic E-state index is 6.59. The van der Waals surface area contributed by atoms with E-state index in [1.165, 1.54) is 0 Å². The number of aromatic nitrogens is 3. The summed E-state index contributed by atoms with van der Waals surface area (Å²) in [6.07, 6.45) is 0. The summed E-state index contributed by atoms with van der Waals surface area (Å²) >= 11 is 17.9. The third kappa shape index (κ3) is 5.68. The van der Waals surface area contributed by atoms with Gasteiger partial charge in [-0.05, 0) is 48.5 Å².